The van der Waals surface area contributed by atoms with Gasteiger partial charge in [-0.15, -0.1) is 11.3 Å². The van der Waals surface area contributed by atoms with Crippen molar-refractivity contribution in [1.29, 1.82) is 0 Å². The van der Waals surface area contributed by atoms with Gasteiger partial charge in [0.1, 0.15) is 6.04 Å². The lowest BCUT2D eigenvalue weighted by Gasteiger charge is -2.38. The second-order valence-electron chi connectivity index (χ2n) is 5.65. The Morgan fingerprint density at radius 1 is 1.12 bits per heavy atom. The number of aromatic nitrogens is 1. The third kappa shape index (κ3) is 2.83. The van der Waals surface area contributed by atoms with E-state index in [1.165, 1.54) is 10.6 Å². The molecular formula is C18H16ClN3S2. The lowest BCUT2D eigenvalue weighted by atomic mass is 10.1. The number of rotatable bonds is 2. The van der Waals surface area contributed by atoms with Gasteiger partial charge in [0.2, 0.25) is 0 Å². The Morgan fingerprint density at radius 2 is 2.00 bits per heavy atom. The number of thiocarbonyl (C=S) groups is 1. The van der Waals surface area contributed by atoms with Crippen LogP contribution in [0.2, 0.25) is 5.02 Å². The number of para-hydroxylation sites is 1. The molecule has 0 radical (unpaired) electrons. The summed E-state index contributed by atoms with van der Waals surface area (Å²) in [6.07, 6.45) is 2.14. The molecule has 1 atom stereocenters. The Hall–Kier alpha value is -1.82. The smallest absolute Gasteiger partial charge is 0.174 e. The van der Waals surface area contributed by atoms with Crippen LogP contribution < -0.4 is 5.32 Å². The number of halogens is 1. The molecule has 1 aromatic carbocycles. The van der Waals surface area contributed by atoms with E-state index in [1.807, 2.05) is 24.3 Å². The summed E-state index contributed by atoms with van der Waals surface area (Å²) in [5.41, 5.74) is 2.11. The largest absolute Gasteiger partial charge is 0.347 e. The van der Waals surface area contributed by atoms with Crippen molar-refractivity contribution in [1.82, 2.24) is 9.47 Å². The summed E-state index contributed by atoms with van der Waals surface area (Å²) in [4.78, 5) is 3.54. The summed E-state index contributed by atoms with van der Waals surface area (Å²) in [6.45, 7) is 1.79. The van der Waals surface area contributed by atoms with E-state index in [9.17, 15) is 0 Å². The summed E-state index contributed by atoms with van der Waals surface area (Å²) in [6, 6.07) is 16.3. The molecule has 0 spiro atoms. The van der Waals surface area contributed by atoms with Crippen LogP contribution in [-0.4, -0.2) is 21.1 Å². The molecule has 0 saturated heterocycles. The Morgan fingerprint density at radius 3 is 2.79 bits per heavy atom. The predicted molar refractivity (Wildman–Crippen MR) is 105 cm³/mol. The zero-order valence-corrected chi connectivity index (χ0v) is 15.2. The van der Waals surface area contributed by atoms with Gasteiger partial charge in [-0.1, -0.05) is 29.8 Å². The SMILES string of the molecule is S=C(Nc1ccccc1Cl)N1CCn2cccc2[C@H]1c1cccs1. The van der Waals surface area contributed by atoms with E-state index in [1.54, 1.807) is 11.3 Å². The standard InChI is InChI=1S/C18H16ClN3S2/c19-13-5-1-2-6-14(13)20-18(23)22-11-10-21-9-3-7-15(21)17(22)16-8-4-12-24-16/h1-9,12,17H,10-11H2,(H,20,23)/t17-/m0/s1. The summed E-state index contributed by atoms with van der Waals surface area (Å²) in [7, 11) is 0. The van der Waals surface area contributed by atoms with E-state index >= 15 is 0 Å². The maximum absolute atomic E-state index is 6.26. The van der Waals surface area contributed by atoms with Crippen LogP contribution in [0.25, 0.3) is 0 Å². The fourth-order valence-corrected chi connectivity index (χ4v) is 4.44. The maximum Gasteiger partial charge on any atom is 0.174 e. The van der Waals surface area contributed by atoms with Gasteiger partial charge in [0.25, 0.3) is 0 Å². The molecule has 0 bridgehead atoms. The highest BCUT2D eigenvalue weighted by Crippen LogP contribution is 2.35. The van der Waals surface area contributed by atoms with Gasteiger partial charge >= 0.3 is 0 Å². The van der Waals surface area contributed by atoms with Crippen molar-refractivity contribution in [3.63, 3.8) is 0 Å². The zero-order chi connectivity index (χ0) is 16.5. The molecule has 1 aliphatic heterocycles. The van der Waals surface area contributed by atoms with Crippen molar-refractivity contribution < 1.29 is 0 Å². The number of anilines is 1. The molecule has 0 amide bonds. The topological polar surface area (TPSA) is 20.2 Å². The first kappa shape index (κ1) is 15.7. The Kier molecular flexibility index (Phi) is 4.31. The molecule has 122 valence electrons. The van der Waals surface area contributed by atoms with Crippen LogP contribution in [0.1, 0.15) is 16.6 Å². The number of hydrogen-bond acceptors (Lipinski definition) is 2. The number of thiophene rings is 1. The number of nitrogens with one attached hydrogen (secondary N) is 1. The minimum Gasteiger partial charge on any atom is -0.347 e. The van der Waals surface area contributed by atoms with Crippen LogP contribution in [0.3, 0.4) is 0 Å². The maximum atomic E-state index is 6.26. The van der Waals surface area contributed by atoms with Crippen molar-refractivity contribution in [2.45, 2.75) is 12.6 Å². The predicted octanol–water partition coefficient (Wildman–Crippen LogP) is 5.01. The normalized spacial score (nSPS) is 16.7. The molecule has 6 heteroatoms. The quantitative estimate of drug-likeness (QED) is 0.638. The van der Waals surface area contributed by atoms with Crippen molar-refractivity contribution in [2.75, 3.05) is 11.9 Å². The molecule has 0 fully saturated rings. The van der Waals surface area contributed by atoms with Gasteiger partial charge in [0, 0.05) is 29.9 Å². The van der Waals surface area contributed by atoms with E-state index in [0.29, 0.717) is 10.1 Å². The highest BCUT2D eigenvalue weighted by Gasteiger charge is 2.31. The number of benzene rings is 1. The third-order valence-corrected chi connectivity index (χ3v) is 5.82. The van der Waals surface area contributed by atoms with Crippen LogP contribution in [0.5, 0.6) is 0 Å². The molecule has 3 aromatic rings. The minimum absolute atomic E-state index is 0.135. The fraction of sp³-hybridized carbons (Fsp3) is 0.167. The minimum atomic E-state index is 0.135. The highest BCUT2D eigenvalue weighted by atomic mass is 35.5. The third-order valence-electron chi connectivity index (χ3n) is 4.23. The van der Waals surface area contributed by atoms with Gasteiger partial charge in [0.15, 0.2) is 5.11 Å². The molecule has 3 nitrogen and oxygen atoms in total. The Labute approximate surface area is 155 Å². The molecule has 1 aliphatic rings. The number of hydrogen-bond donors (Lipinski definition) is 1. The summed E-state index contributed by atoms with van der Waals surface area (Å²) in [5, 5.41) is 6.80. The lowest BCUT2D eigenvalue weighted by molar-refractivity contribution is 0.297. The molecule has 0 unspecified atom stereocenters. The van der Waals surface area contributed by atoms with Crippen molar-refractivity contribution in [2.24, 2.45) is 0 Å². The van der Waals surface area contributed by atoms with Crippen LogP contribution in [-0.2, 0) is 6.54 Å². The zero-order valence-electron chi connectivity index (χ0n) is 12.9. The second kappa shape index (κ2) is 6.59. The lowest BCUT2D eigenvalue weighted by Crippen LogP contribution is -2.44. The monoisotopic (exact) mass is 373 g/mol. The van der Waals surface area contributed by atoms with E-state index in [-0.39, 0.29) is 6.04 Å². The summed E-state index contributed by atoms with van der Waals surface area (Å²) >= 11 is 13.7. The Bertz CT molecular complexity index is 857. The van der Waals surface area contributed by atoms with E-state index in [2.05, 4.69) is 50.6 Å². The highest BCUT2D eigenvalue weighted by molar-refractivity contribution is 7.80. The van der Waals surface area contributed by atoms with Crippen LogP contribution >= 0.6 is 35.2 Å². The van der Waals surface area contributed by atoms with Crippen molar-refractivity contribution in [3.8, 4) is 0 Å². The van der Waals surface area contributed by atoms with Crippen LogP contribution in [0.4, 0.5) is 5.69 Å². The first-order valence-corrected chi connectivity index (χ1v) is 9.41. The molecule has 1 N–H and O–H groups in total. The summed E-state index contributed by atoms with van der Waals surface area (Å²) in [5.74, 6) is 0. The molecule has 4 rings (SSSR count). The van der Waals surface area contributed by atoms with Gasteiger partial charge in [-0.2, -0.15) is 0 Å². The molecule has 0 saturated carbocycles. The van der Waals surface area contributed by atoms with Gasteiger partial charge in [0.05, 0.1) is 10.7 Å². The van der Waals surface area contributed by atoms with Crippen molar-refractivity contribution in [3.05, 3.63) is 75.7 Å². The molecule has 0 aliphatic carbocycles. The van der Waals surface area contributed by atoms with Crippen LogP contribution in [0, 0.1) is 0 Å². The van der Waals surface area contributed by atoms with Gasteiger partial charge in [-0.05, 0) is 47.9 Å². The van der Waals surface area contributed by atoms with Gasteiger partial charge < -0.3 is 14.8 Å². The molecule has 24 heavy (non-hydrogen) atoms. The van der Waals surface area contributed by atoms with Crippen LogP contribution in [0.15, 0.2) is 60.1 Å². The Balaban J connectivity index is 1.66. The first-order chi connectivity index (χ1) is 11.7. The molecule has 3 heterocycles. The summed E-state index contributed by atoms with van der Waals surface area (Å²) < 4.78 is 2.30. The van der Waals surface area contributed by atoms with E-state index in [0.717, 1.165) is 18.8 Å². The average molecular weight is 374 g/mol. The van der Waals surface area contributed by atoms with Gasteiger partial charge in [-0.25, -0.2) is 0 Å². The molecular weight excluding hydrogens is 358 g/mol. The fourth-order valence-electron chi connectivity index (χ4n) is 3.10. The number of fused-ring (bicyclic) bond motifs is 1. The van der Waals surface area contributed by atoms with E-state index in [4.69, 9.17) is 23.8 Å². The first-order valence-electron chi connectivity index (χ1n) is 7.74. The molecule has 2 aromatic heterocycles. The number of nitrogens with zero attached hydrogens (tertiary/aromatic N) is 2. The average Bonchev–Trinajstić information content (AvgIpc) is 3.27. The second-order valence-corrected chi connectivity index (χ2v) is 7.42. The van der Waals surface area contributed by atoms with Gasteiger partial charge in [-0.3, -0.25) is 0 Å². The van der Waals surface area contributed by atoms with Crippen molar-refractivity contribution >= 4 is 46.0 Å². The van der Waals surface area contributed by atoms with E-state index < -0.39 is 0 Å².